The third-order valence-corrected chi connectivity index (χ3v) is 5.50. The Kier molecular flexibility index (Phi) is 6.95. The maximum atomic E-state index is 14.7. The molecule has 1 aromatic carbocycles. The van der Waals surface area contributed by atoms with Gasteiger partial charge in [0, 0.05) is 6.20 Å². The van der Waals surface area contributed by atoms with E-state index in [0.717, 1.165) is 6.20 Å². The molecular weight excluding hydrogens is 429 g/mol. The van der Waals surface area contributed by atoms with Gasteiger partial charge in [0.2, 0.25) is 5.72 Å². The summed E-state index contributed by atoms with van der Waals surface area (Å²) in [5.74, 6) is -3.30. The molecule has 0 saturated carbocycles. The molecule has 11 nitrogen and oxygen atoms in total. The number of unbranched alkanes of at least 4 members (excludes halogenated alkanes) is 1. The molecule has 0 radical (unpaired) electrons. The molecule has 1 aliphatic heterocycles. The van der Waals surface area contributed by atoms with E-state index in [1.54, 1.807) is 25.1 Å². The van der Waals surface area contributed by atoms with Gasteiger partial charge in [-0.2, -0.15) is 0 Å². The second kappa shape index (κ2) is 9.19. The van der Waals surface area contributed by atoms with Crippen molar-refractivity contribution in [3.05, 3.63) is 57.4 Å². The van der Waals surface area contributed by atoms with Crippen LogP contribution in [0.3, 0.4) is 0 Å². The summed E-state index contributed by atoms with van der Waals surface area (Å²) in [7, 11) is 0. The quantitative estimate of drug-likeness (QED) is 0.173. The molecule has 0 aliphatic carbocycles. The second-order valence-corrected chi connectivity index (χ2v) is 7.58. The second-order valence-electron chi connectivity index (χ2n) is 7.58. The van der Waals surface area contributed by atoms with Gasteiger partial charge >= 0.3 is 11.6 Å². The minimum atomic E-state index is -3.33. The van der Waals surface area contributed by atoms with Gasteiger partial charge in [0.15, 0.2) is 6.30 Å². The van der Waals surface area contributed by atoms with Crippen molar-refractivity contribution in [1.29, 1.82) is 0 Å². The van der Waals surface area contributed by atoms with Crippen molar-refractivity contribution in [3.8, 4) is 11.1 Å². The van der Waals surface area contributed by atoms with Gasteiger partial charge < -0.3 is 30.4 Å². The molecule has 176 valence electrons. The van der Waals surface area contributed by atoms with E-state index in [1.165, 1.54) is 12.1 Å². The lowest BCUT2D eigenvalue weighted by molar-refractivity contribution is -0.428. The van der Waals surface area contributed by atoms with Gasteiger partial charge in [0.25, 0.3) is 5.56 Å². The van der Waals surface area contributed by atoms with E-state index in [9.17, 15) is 39.6 Å². The number of alkyl halides is 1. The summed E-state index contributed by atoms with van der Waals surface area (Å²) >= 11 is 0. The molecule has 1 aromatic heterocycles. The van der Waals surface area contributed by atoms with E-state index in [0.29, 0.717) is 23.0 Å². The molecule has 0 bridgehead atoms. The number of aromatic amines is 1. The summed E-state index contributed by atoms with van der Waals surface area (Å²) in [6, 6.07) is 7.99. The van der Waals surface area contributed by atoms with E-state index in [4.69, 9.17) is 4.74 Å². The molecule has 3 rings (SSSR count). The van der Waals surface area contributed by atoms with Gasteiger partial charge in [-0.3, -0.25) is 9.78 Å². The summed E-state index contributed by atoms with van der Waals surface area (Å²) < 4.78 is 20.2. The Bertz CT molecular complexity index is 1050. The predicted octanol–water partition coefficient (Wildman–Crippen LogP) is -0.576. The van der Waals surface area contributed by atoms with Gasteiger partial charge in [-0.1, -0.05) is 43.7 Å². The van der Waals surface area contributed by atoms with Crippen LogP contribution in [-0.2, 0) is 10.6 Å². The molecule has 32 heavy (non-hydrogen) atoms. The maximum absolute atomic E-state index is 14.7. The molecule has 2 aromatic rings. The van der Waals surface area contributed by atoms with Crippen LogP contribution in [0, 0.1) is 0 Å². The highest BCUT2D eigenvalue weighted by atomic mass is 19.1. The van der Waals surface area contributed by atoms with Gasteiger partial charge in [0.1, 0.15) is 12.2 Å². The molecule has 1 aliphatic rings. The molecule has 5 atom stereocenters. The normalized spacial score (nSPS) is 28.9. The number of rotatable bonds is 8. The monoisotopic (exact) mass is 455 g/mol. The van der Waals surface area contributed by atoms with Crippen LogP contribution in [0.15, 0.2) is 46.1 Å². The standard InChI is InChI=1S/C20H26FN3O8/c1-2-3-9-15(21)24(31)19(29)16(26)14(11-25)32-20(19,30)23-10-13(17(27)22-18(23)28)12-7-5-4-6-8-12/h4-8,10,14-16,25-26,29-31H,2-3,9,11H2,1H3,(H,22,27,28)/t14-,15?,16-,19-,20+/m1/s1. The van der Waals surface area contributed by atoms with Crippen molar-refractivity contribution in [1.82, 2.24) is 14.6 Å². The van der Waals surface area contributed by atoms with E-state index in [-0.39, 0.29) is 17.0 Å². The lowest BCUT2D eigenvalue weighted by Gasteiger charge is -2.43. The Labute approximate surface area is 181 Å². The molecule has 0 spiro atoms. The van der Waals surface area contributed by atoms with Gasteiger partial charge in [-0.15, -0.1) is 5.06 Å². The van der Waals surface area contributed by atoms with Crippen molar-refractivity contribution < 1.29 is 34.8 Å². The third kappa shape index (κ3) is 3.79. The number of hydrogen-bond donors (Lipinski definition) is 6. The number of nitrogens with zero attached hydrogens (tertiary/aromatic N) is 2. The first-order valence-electron chi connectivity index (χ1n) is 10.1. The molecule has 12 heteroatoms. The third-order valence-electron chi connectivity index (χ3n) is 5.50. The number of hydrogen-bond acceptors (Lipinski definition) is 9. The van der Waals surface area contributed by atoms with Crippen LogP contribution in [0.5, 0.6) is 0 Å². The summed E-state index contributed by atoms with van der Waals surface area (Å²) in [6.07, 6.45) is -4.81. The van der Waals surface area contributed by atoms with Crippen LogP contribution in [0.2, 0.25) is 0 Å². The van der Waals surface area contributed by atoms with Crippen molar-refractivity contribution in [2.75, 3.05) is 6.61 Å². The summed E-state index contributed by atoms with van der Waals surface area (Å²) in [4.78, 5) is 26.9. The fourth-order valence-corrected chi connectivity index (χ4v) is 3.70. The zero-order valence-electron chi connectivity index (χ0n) is 17.3. The molecular formula is C20H26FN3O8. The average molecular weight is 455 g/mol. The molecule has 1 fully saturated rings. The van der Waals surface area contributed by atoms with Crippen molar-refractivity contribution in [2.45, 2.75) is 56.3 Å². The zero-order chi connectivity index (χ0) is 23.7. The van der Waals surface area contributed by atoms with Crippen molar-refractivity contribution in [3.63, 3.8) is 0 Å². The Morgan fingerprint density at radius 2 is 1.94 bits per heavy atom. The fraction of sp³-hybridized carbons (Fsp3) is 0.500. The van der Waals surface area contributed by atoms with Crippen molar-refractivity contribution in [2.24, 2.45) is 0 Å². The topological polar surface area (TPSA) is 168 Å². The highest BCUT2D eigenvalue weighted by molar-refractivity contribution is 5.61. The Balaban J connectivity index is 2.19. The van der Waals surface area contributed by atoms with Crippen LogP contribution < -0.4 is 11.2 Å². The van der Waals surface area contributed by atoms with Gasteiger partial charge in [-0.25, -0.2) is 13.8 Å². The summed E-state index contributed by atoms with van der Waals surface area (Å²) in [6.45, 7) is 0.814. The number of H-pyrrole nitrogens is 1. The van der Waals surface area contributed by atoms with Crippen LogP contribution in [0.4, 0.5) is 4.39 Å². The highest BCUT2D eigenvalue weighted by Crippen LogP contribution is 2.44. The lowest BCUT2D eigenvalue weighted by atomic mass is 9.99. The number of aliphatic hydroxyl groups is 4. The molecule has 1 saturated heterocycles. The predicted molar refractivity (Wildman–Crippen MR) is 108 cm³/mol. The number of benzene rings is 1. The minimum Gasteiger partial charge on any atom is -0.394 e. The van der Waals surface area contributed by atoms with E-state index in [1.807, 2.05) is 4.98 Å². The maximum Gasteiger partial charge on any atom is 0.332 e. The molecule has 2 heterocycles. The largest absolute Gasteiger partial charge is 0.394 e. The van der Waals surface area contributed by atoms with E-state index in [2.05, 4.69) is 0 Å². The van der Waals surface area contributed by atoms with Crippen LogP contribution in [0.25, 0.3) is 11.1 Å². The fourth-order valence-electron chi connectivity index (χ4n) is 3.70. The summed E-state index contributed by atoms with van der Waals surface area (Å²) in [5.41, 5.74) is -5.23. The zero-order valence-corrected chi connectivity index (χ0v) is 17.3. The SMILES string of the molecule is CCCCC(F)N(O)[C@@]1(O)[C@H](O)[C@@H](CO)O[C@]1(O)n1cc(-c2ccccc2)c(=O)[nH]c1=O. The Hall–Kier alpha value is -2.45. The van der Waals surface area contributed by atoms with Gasteiger partial charge in [0.05, 0.1) is 12.2 Å². The smallest absolute Gasteiger partial charge is 0.332 e. The number of aromatic nitrogens is 2. The van der Waals surface area contributed by atoms with E-state index < -0.39 is 48.0 Å². The number of ether oxygens (including phenoxy) is 1. The summed E-state index contributed by atoms with van der Waals surface area (Å²) in [5, 5.41) is 52.6. The van der Waals surface area contributed by atoms with E-state index >= 15 is 0 Å². The Morgan fingerprint density at radius 3 is 2.53 bits per heavy atom. The molecule has 0 amide bonds. The van der Waals surface area contributed by atoms with Crippen molar-refractivity contribution >= 4 is 0 Å². The lowest BCUT2D eigenvalue weighted by Crippen LogP contribution is -2.69. The number of hydroxylamine groups is 2. The van der Waals surface area contributed by atoms with Gasteiger partial charge in [-0.05, 0) is 18.4 Å². The first-order chi connectivity index (χ1) is 15.1. The number of aliphatic hydroxyl groups excluding tert-OH is 2. The van der Waals surface area contributed by atoms with Crippen LogP contribution in [-0.4, -0.2) is 71.1 Å². The minimum absolute atomic E-state index is 0.126. The molecule has 1 unspecified atom stereocenters. The van der Waals surface area contributed by atoms with Crippen LogP contribution >= 0.6 is 0 Å². The highest BCUT2D eigenvalue weighted by Gasteiger charge is 2.71. The first-order valence-corrected chi connectivity index (χ1v) is 10.1. The average Bonchev–Trinajstić information content (AvgIpc) is 2.99. The van der Waals surface area contributed by atoms with Crippen LogP contribution in [0.1, 0.15) is 26.2 Å². The number of nitrogens with one attached hydrogen (secondary N) is 1. The molecule has 6 N–H and O–H groups in total. The number of halogens is 1. The Morgan fingerprint density at radius 1 is 1.28 bits per heavy atom. The first kappa shape index (κ1) is 24.2.